The van der Waals surface area contributed by atoms with Gasteiger partial charge in [-0.15, -0.1) is 10.2 Å². The Bertz CT molecular complexity index is 448. The van der Waals surface area contributed by atoms with Gasteiger partial charge in [0.15, 0.2) is 5.16 Å². The number of methoxy groups -OCH3 is 2. The zero-order chi connectivity index (χ0) is 15.2. The van der Waals surface area contributed by atoms with Crippen LogP contribution in [0.2, 0.25) is 0 Å². The second-order valence-corrected chi connectivity index (χ2v) is 5.81. The molecule has 0 aliphatic carbocycles. The van der Waals surface area contributed by atoms with Crippen LogP contribution in [0.25, 0.3) is 0 Å². The first kappa shape index (κ1) is 16.9. The van der Waals surface area contributed by atoms with Crippen molar-refractivity contribution in [2.24, 2.45) is 0 Å². The molecule has 0 radical (unpaired) electrons. The van der Waals surface area contributed by atoms with Crippen molar-refractivity contribution in [1.29, 1.82) is 0 Å². The Morgan fingerprint density at radius 3 is 2.65 bits per heavy atom. The number of aromatic nitrogens is 3. The van der Waals surface area contributed by atoms with E-state index in [1.807, 2.05) is 18.4 Å². The van der Waals surface area contributed by atoms with E-state index in [0.29, 0.717) is 24.7 Å². The van der Waals surface area contributed by atoms with Crippen molar-refractivity contribution in [2.45, 2.75) is 37.6 Å². The van der Waals surface area contributed by atoms with E-state index in [4.69, 9.17) is 14.6 Å². The SMILES string of the molecule is COCCn1c(CC(C)(C)OC)nnc1SCC(=O)O. The van der Waals surface area contributed by atoms with E-state index in [1.54, 1.807) is 14.2 Å². The van der Waals surface area contributed by atoms with E-state index in [0.717, 1.165) is 17.6 Å². The van der Waals surface area contributed by atoms with Crippen molar-refractivity contribution in [3.05, 3.63) is 5.82 Å². The van der Waals surface area contributed by atoms with Gasteiger partial charge in [0, 0.05) is 27.2 Å². The Balaban J connectivity index is 2.90. The van der Waals surface area contributed by atoms with Crippen LogP contribution in [0, 0.1) is 0 Å². The molecule has 0 saturated heterocycles. The zero-order valence-electron chi connectivity index (χ0n) is 12.3. The summed E-state index contributed by atoms with van der Waals surface area (Å²) in [5, 5.41) is 17.5. The Morgan fingerprint density at radius 1 is 1.40 bits per heavy atom. The van der Waals surface area contributed by atoms with Crippen LogP contribution in [0.4, 0.5) is 0 Å². The van der Waals surface area contributed by atoms with Crippen LogP contribution in [-0.4, -0.2) is 58.0 Å². The van der Waals surface area contributed by atoms with Gasteiger partial charge in [-0.05, 0) is 13.8 Å². The van der Waals surface area contributed by atoms with Crippen LogP contribution in [-0.2, 0) is 27.2 Å². The Morgan fingerprint density at radius 2 is 2.10 bits per heavy atom. The van der Waals surface area contributed by atoms with E-state index < -0.39 is 5.97 Å². The van der Waals surface area contributed by atoms with Gasteiger partial charge in [0.1, 0.15) is 5.82 Å². The summed E-state index contributed by atoms with van der Waals surface area (Å²) in [5.74, 6) is -0.157. The predicted octanol–water partition coefficient (Wildman–Crippen LogP) is 1.07. The number of carbonyl (C=O) groups is 1. The van der Waals surface area contributed by atoms with E-state index in [9.17, 15) is 4.79 Å². The molecule has 1 aromatic heterocycles. The van der Waals surface area contributed by atoms with E-state index in [1.165, 1.54) is 0 Å². The zero-order valence-corrected chi connectivity index (χ0v) is 13.1. The standard InChI is InChI=1S/C12H21N3O4S/c1-12(2,19-4)7-9-13-14-11(20-8-10(16)17)15(9)5-6-18-3/h5-8H2,1-4H3,(H,16,17). The number of hydrogen-bond donors (Lipinski definition) is 1. The normalized spacial score (nSPS) is 11.8. The highest BCUT2D eigenvalue weighted by Gasteiger charge is 2.23. The van der Waals surface area contributed by atoms with Gasteiger partial charge in [-0.3, -0.25) is 4.79 Å². The molecular formula is C12H21N3O4S. The maximum atomic E-state index is 10.7. The fraction of sp³-hybridized carbons (Fsp3) is 0.750. The lowest BCUT2D eigenvalue weighted by Crippen LogP contribution is -2.28. The number of rotatable bonds is 9. The quantitative estimate of drug-likeness (QED) is 0.683. The molecule has 1 aromatic rings. The summed E-state index contributed by atoms with van der Waals surface area (Å²) >= 11 is 1.15. The minimum atomic E-state index is -0.880. The molecule has 1 rings (SSSR count). The van der Waals surface area contributed by atoms with Crippen LogP contribution in [0.15, 0.2) is 5.16 Å². The van der Waals surface area contributed by atoms with Crippen LogP contribution in [0.5, 0.6) is 0 Å². The minimum absolute atomic E-state index is 0.0429. The average molecular weight is 303 g/mol. The number of ether oxygens (including phenoxy) is 2. The van der Waals surface area contributed by atoms with Gasteiger partial charge in [0.2, 0.25) is 0 Å². The number of aliphatic carboxylic acids is 1. The van der Waals surface area contributed by atoms with Gasteiger partial charge < -0.3 is 19.1 Å². The molecule has 0 atom stereocenters. The van der Waals surface area contributed by atoms with Crippen molar-refractivity contribution in [1.82, 2.24) is 14.8 Å². The fourth-order valence-electron chi connectivity index (χ4n) is 1.54. The second kappa shape index (κ2) is 7.61. The molecule has 1 heterocycles. The molecule has 0 aromatic carbocycles. The summed E-state index contributed by atoms with van der Waals surface area (Å²) in [6, 6.07) is 0. The summed E-state index contributed by atoms with van der Waals surface area (Å²) in [6.45, 7) is 5.03. The molecule has 8 heteroatoms. The van der Waals surface area contributed by atoms with Crippen LogP contribution in [0.1, 0.15) is 19.7 Å². The molecule has 7 nitrogen and oxygen atoms in total. The van der Waals surface area contributed by atoms with Gasteiger partial charge in [-0.25, -0.2) is 0 Å². The minimum Gasteiger partial charge on any atom is -0.481 e. The predicted molar refractivity (Wildman–Crippen MR) is 75.0 cm³/mol. The smallest absolute Gasteiger partial charge is 0.313 e. The molecule has 0 saturated carbocycles. The molecule has 0 aliphatic heterocycles. The lowest BCUT2D eigenvalue weighted by Gasteiger charge is -2.22. The number of carboxylic acid groups (broad SMARTS) is 1. The molecule has 0 spiro atoms. The van der Waals surface area contributed by atoms with Crippen molar-refractivity contribution in [3.63, 3.8) is 0 Å². The molecule has 20 heavy (non-hydrogen) atoms. The third-order valence-corrected chi connectivity index (χ3v) is 3.73. The number of carboxylic acids is 1. The van der Waals surface area contributed by atoms with Crippen molar-refractivity contribution in [3.8, 4) is 0 Å². The Hall–Kier alpha value is -1.12. The summed E-state index contributed by atoms with van der Waals surface area (Å²) in [5.41, 5.74) is -0.355. The molecule has 0 unspecified atom stereocenters. The highest BCUT2D eigenvalue weighted by molar-refractivity contribution is 7.99. The highest BCUT2D eigenvalue weighted by Crippen LogP contribution is 2.21. The van der Waals surface area contributed by atoms with Crippen LogP contribution < -0.4 is 0 Å². The number of nitrogens with zero attached hydrogens (tertiary/aromatic N) is 3. The van der Waals surface area contributed by atoms with Crippen LogP contribution in [0.3, 0.4) is 0 Å². The Kier molecular flexibility index (Phi) is 6.44. The molecular weight excluding hydrogens is 282 g/mol. The van der Waals surface area contributed by atoms with Gasteiger partial charge in [-0.1, -0.05) is 11.8 Å². The van der Waals surface area contributed by atoms with Crippen molar-refractivity contribution < 1.29 is 19.4 Å². The van der Waals surface area contributed by atoms with Crippen molar-refractivity contribution >= 4 is 17.7 Å². The first-order chi connectivity index (χ1) is 9.39. The lowest BCUT2D eigenvalue weighted by molar-refractivity contribution is -0.133. The summed E-state index contributed by atoms with van der Waals surface area (Å²) in [4.78, 5) is 10.7. The molecule has 0 fully saturated rings. The first-order valence-electron chi connectivity index (χ1n) is 6.20. The molecule has 1 N–H and O–H groups in total. The lowest BCUT2D eigenvalue weighted by atomic mass is 10.1. The van der Waals surface area contributed by atoms with E-state index in [-0.39, 0.29) is 11.4 Å². The fourth-order valence-corrected chi connectivity index (χ4v) is 2.25. The number of hydrogen-bond acceptors (Lipinski definition) is 6. The average Bonchev–Trinajstić information content (AvgIpc) is 2.75. The highest BCUT2D eigenvalue weighted by atomic mass is 32.2. The monoisotopic (exact) mass is 303 g/mol. The summed E-state index contributed by atoms with van der Waals surface area (Å²) in [6.07, 6.45) is 0.591. The van der Waals surface area contributed by atoms with Crippen molar-refractivity contribution in [2.75, 3.05) is 26.6 Å². The summed E-state index contributed by atoms with van der Waals surface area (Å²) in [7, 11) is 3.27. The third-order valence-electron chi connectivity index (χ3n) is 2.77. The van der Waals surface area contributed by atoms with Gasteiger partial charge in [0.25, 0.3) is 0 Å². The molecule has 0 aliphatic rings. The second-order valence-electron chi connectivity index (χ2n) is 4.87. The van der Waals surface area contributed by atoms with E-state index in [2.05, 4.69) is 10.2 Å². The van der Waals surface area contributed by atoms with E-state index >= 15 is 0 Å². The van der Waals surface area contributed by atoms with Gasteiger partial charge >= 0.3 is 5.97 Å². The maximum Gasteiger partial charge on any atom is 0.313 e. The maximum absolute atomic E-state index is 10.7. The molecule has 0 amide bonds. The summed E-state index contributed by atoms with van der Waals surface area (Å²) < 4.78 is 12.4. The van der Waals surface area contributed by atoms with Crippen LogP contribution >= 0.6 is 11.8 Å². The molecule has 0 bridgehead atoms. The number of thioether (sulfide) groups is 1. The first-order valence-corrected chi connectivity index (χ1v) is 7.19. The Labute approximate surface area is 122 Å². The van der Waals surface area contributed by atoms with Gasteiger partial charge in [0.05, 0.1) is 18.0 Å². The molecule has 114 valence electrons. The largest absolute Gasteiger partial charge is 0.481 e. The topological polar surface area (TPSA) is 86.5 Å². The third kappa shape index (κ3) is 5.10. The van der Waals surface area contributed by atoms with Gasteiger partial charge in [-0.2, -0.15) is 0 Å².